The Morgan fingerprint density at radius 3 is 2.54 bits per heavy atom. The highest BCUT2D eigenvalue weighted by Gasteiger charge is 2.16. The first kappa shape index (κ1) is 20.2. The topological polar surface area (TPSA) is 40.0 Å². The first-order valence-corrected chi connectivity index (χ1v) is 8.67. The molecule has 3 aromatic rings. The number of pyridine rings is 1. The summed E-state index contributed by atoms with van der Waals surface area (Å²) in [5.74, 6) is 0.0766. The second-order valence-electron chi connectivity index (χ2n) is 6.05. The molecule has 0 aliphatic carbocycles. The van der Waals surface area contributed by atoms with Gasteiger partial charge in [0.1, 0.15) is 12.6 Å². The van der Waals surface area contributed by atoms with E-state index in [1.807, 2.05) is 67.0 Å². The molecule has 0 spiro atoms. The van der Waals surface area contributed by atoms with E-state index in [2.05, 4.69) is 29.3 Å². The van der Waals surface area contributed by atoms with E-state index in [9.17, 15) is 4.79 Å². The fraction of sp³-hybridized carbons (Fsp3) is 0.238. The van der Waals surface area contributed by atoms with Crippen molar-refractivity contribution >= 4 is 29.0 Å². The summed E-state index contributed by atoms with van der Waals surface area (Å²) < 4.78 is 1.99. The predicted molar refractivity (Wildman–Crippen MR) is 102 cm³/mol. The van der Waals surface area contributed by atoms with Gasteiger partial charge in [0, 0.05) is 42.3 Å². The minimum absolute atomic E-state index is 0. The number of nitrogens with one attached hydrogen (secondary N) is 1. The number of carbonyl (C=O) groups excluding carboxylic acids is 1. The molecule has 2 heterocycles. The summed E-state index contributed by atoms with van der Waals surface area (Å²) in [5, 5.41) is 1.20. The highest BCUT2D eigenvalue weighted by Crippen LogP contribution is 2.19. The third-order valence-electron chi connectivity index (χ3n) is 4.53. The van der Waals surface area contributed by atoms with Crippen molar-refractivity contribution < 1.29 is 33.3 Å². The first-order chi connectivity index (χ1) is 12.1. The van der Waals surface area contributed by atoms with Crippen molar-refractivity contribution in [2.24, 2.45) is 7.05 Å². The number of fused-ring (bicyclic) bond motifs is 1. The molecule has 0 saturated carbocycles. The number of aryl methyl sites for hydroxylation is 1. The van der Waals surface area contributed by atoms with Gasteiger partial charge in [-0.15, -0.1) is 0 Å². The van der Waals surface area contributed by atoms with Gasteiger partial charge in [-0.3, -0.25) is 4.79 Å². The van der Waals surface area contributed by atoms with E-state index < -0.39 is 0 Å². The third kappa shape index (κ3) is 4.15. The summed E-state index contributed by atoms with van der Waals surface area (Å²) in [6.45, 7) is 5.45. The Bertz CT molecular complexity index is 926. The van der Waals surface area contributed by atoms with Gasteiger partial charge >= 0.3 is 0 Å². The van der Waals surface area contributed by atoms with Crippen LogP contribution in [0.5, 0.6) is 0 Å². The third-order valence-corrected chi connectivity index (χ3v) is 4.53. The van der Waals surface area contributed by atoms with E-state index in [1.54, 1.807) is 0 Å². The largest absolute Gasteiger partial charge is 1.00 e. The van der Waals surface area contributed by atoms with E-state index in [0.717, 1.165) is 35.4 Å². The van der Waals surface area contributed by atoms with Crippen LogP contribution in [0.15, 0.2) is 48.8 Å². The zero-order valence-corrected chi connectivity index (χ0v) is 17.5. The molecule has 0 radical (unpaired) electrons. The number of halogens is 1. The van der Waals surface area contributed by atoms with Gasteiger partial charge < -0.3 is 33.9 Å². The minimum atomic E-state index is 0. The first-order valence-electron chi connectivity index (χ1n) is 8.67. The Morgan fingerprint density at radius 1 is 1.12 bits per heavy atom. The molecule has 26 heavy (non-hydrogen) atoms. The van der Waals surface area contributed by atoms with Gasteiger partial charge in [-0.1, -0.05) is 18.2 Å². The lowest BCUT2D eigenvalue weighted by molar-refractivity contribution is -0.673. The maximum Gasteiger partial charge on any atom is 0.259 e. The van der Waals surface area contributed by atoms with Crippen molar-refractivity contribution in [1.29, 1.82) is 0 Å². The van der Waals surface area contributed by atoms with Crippen LogP contribution in [-0.2, 0) is 7.05 Å². The number of H-pyrrole nitrogens is 1. The lowest BCUT2D eigenvalue weighted by Gasteiger charge is -2.17. The molecular weight excluding hydrogens is 437 g/mol. The number of aromatic amines is 1. The predicted octanol–water partition coefficient (Wildman–Crippen LogP) is 0.649. The molecule has 0 aliphatic rings. The van der Waals surface area contributed by atoms with Crippen molar-refractivity contribution in [2.75, 3.05) is 13.1 Å². The van der Waals surface area contributed by atoms with Crippen LogP contribution in [0, 0.1) is 0 Å². The molecule has 136 valence electrons. The Morgan fingerprint density at radius 2 is 1.85 bits per heavy atom. The average molecular weight is 461 g/mol. The average Bonchev–Trinajstić information content (AvgIpc) is 3.05. The van der Waals surface area contributed by atoms with E-state index in [-0.39, 0.29) is 29.9 Å². The summed E-state index contributed by atoms with van der Waals surface area (Å²) >= 11 is 0. The molecule has 0 fully saturated rings. The monoisotopic (exact) mass is 461 g/mol. The van der Waals surface area contributed by atoms with Crippen LogP contribution in [0.1, 0.15) is 35.5 Å². The maximum atomic E-state index is 12.5. The molecule has 0 saturated heterocycles. The number of hydrogen-bond donors (Lipinski definition) is 1. The number of aromatic nitrogens is 2. The van der Waals surface area contributed by atoms with Crippen LogP contribution >= 0.6 is 0 Å². The van der Waals surface area contributed by atoms with Gasteiger partial charge in [0.15, 0.2) is 6.20 Å². The number of para-hydroxylation sites is 1. The van der Waals surface area contributed by atoms with Gasteiger partial charge in [-0.2, -0.15) is 0 Å². The summed E-state index contributed by atoms with van der Waals surface area (Å²) in [6, 6.07) is 12.1. The molecule has 0 unspecified atom stereocenters. The van der Waals surface area contributed by atoms with Gasteiger partial charge in [-0.05, 0) is 37.6 Å². The van der Waals surface area contributed by atoms with E-state index in [0.29, 0.717) is 0 Å². The lowest BCUT2D eigenvalue weighted by atomic mass is 10.1. The summed E-state index contributed by atoms with van der Waals surface area (Å²) in [6.07, 6.45) is 8.08. The molecule has 2 aromatic heterocycles. The number of benzene rings is 1. The van der Waals surface area contributed by atoms with Gasteiger partial charge in [0.25, 0.3) is 5.91 Å². The molecule has 1 amide bonds. The summed E-state index contributed by atoms with van der Waals surface area (Å²) in [5.41, 5.74) is 4.04. The minimum Gasteiger partial charge on any atom is -1.00 e. The van der Waals surface area contributed by atoms with Crippen molar-refractivity contribution in [3.05, 3.63) is 65.6 Å². The highest BCUT2D eigenvalue weighted by molar-refractivity contribution is 5.94. The second-order valence-corrected chi connectivity index (χ2v) is 6.05. The zero-order valence-electron chi connectivity index (χ0n) is 15.4. The van der Waals surface area contributed by atoms with Crippen molar-refractivity contribution in [2.45, 2.75) is 13.8 Å². The van der Waals surface area contributed by atoms with Crippen LogP contribution < -0.4 is 28.5 Å². The fourth-order valence-electron chi connectivity index (χ4n) is 3.02. The number of rotatable bonds is 5. The standard InChI is InChI=1S/C21H23N3O.HI/c1-4-24(5-2)21(25)17-11-13-18(23(3)15-17)12-10-16-14-22-20-9-7-6-8-19(16)20;/h6-15H,4-5H2,1-3H3;1H. The zero-order chi connectivity index (χ0) is 17.8. The summed E-state index contributed by atoms with van der Waals surface area (Å²) in [7, 11) is 1.97. The van der Waals surface area contributed by atoms with Gasteiger partial charge in [-0.25, -0.2) is 4.57 Å². The van der Waals surface area contributed by atoms with Gasteiger partial charge in [0.05, 0.1) is 0 Å². The molecular formula is C21H24IN3O. The van der Waals surface area contributed by atoms with E-state index in [4.69, 9.17) is 0 Å². The SMILES string of the molecule is CCN(CC)C(=O)c1ccc(/C=C/c2c[nH]c3ccccc23)[n+](C)c1.[I-]. The second kappa shape index (κ2) is 8.98. The smallest absolute Gasteiger partial charge is 0.259 e. The molecule has 1 aromatic carbocycles. The molecule has 0 atom stereocenters. The Hall–Kier alpha value is -2.15. The van der Waals surface area contributed by atoms with Gasteiger partial charge in [0.2, 0.25) is 5.69 Å². The van der Waals surface area contributed by atoms with Crippen LogP contribution in [0.3, 0.4) is 0 Å². The van der Waals surface area contributed by atoms with Crippen LogP contribution in [-0.4, -0.2) is 28.9 Å². The van der Waals surface area contributed by atoms with E-state index in [1.165, 1.54) is 5.39 Å². The van der Waals surface area contributed by atoms with Crippen LogP contribution in [0.4, 0.5) is 0 Å². The van der Waals surface area contributed by atoms with Crippen molar-refractivity contribution in [3.63, 3.8) is 0 Å². The maximum absolute atomic E-state index is 12.5. The normalized spacial score (nSPS) is 10.9. The molecule has 0 aliphatic heterocycles. The van der Waals surface area contributed by atoms with E-state index >= 15 is 0 Å². The molecule has 1 N–H and O–H groups in total. The van der Waals surface area contributed by atoms with Crippen molar-refractivity contribution in [1.82, 2.24) is 9.88 Å². The Balaban J connectivity index is 0.00000243. The Labute approximate surface area is 171 Å². The highest BCUT2D eigenvalue weighted by atomic mass is 127. The number of carbonyl (C=O) groups is 1. The number of amides is 1. The molecule has 0 bridgehead atoms. The molecule has 5 heteroatoms. The number of hydrogen-bond acceptors (Lipinski definition) is 1. The quantitative estimate of drug-likeness (QED) is 0.440. The van der Waals surface area contributed by atoms with Crippen LogP contribution in [0.2, 0.25) is 0 Å². The lowest BCUT2D eigenvalue weighted by Crippen LogP contribution is -3.00. The fourth-order valence-corrected chi connectivity index (χ4v) is 3.02. The molecule has 3 rings (SSSR count). The molecule has 4 nitrogen and oxygen atoms in total. The van der Waals surface area contributed by atoms with Crippen LogP contribution in [0.25, 0.3) is 23.1 Å². The van der Waals surface area contributed by atoms with Crippen molar-refractivity contribution in [3.8, 4) is 0 Å². The number of nitrogens with zero attached hydrogens (tertiary/aromatic N) is 2. The summed E-state index contributed by atoms with van der Waals surface area (Å²) in [4.78, 5) is 17.6. The Kier molecular flexibility index (Phi) is 6.97.